The molecule has 1 fully saturated rings. The summed E-state index contributed by atoms with van der Waals surface area (Å²) in [5.41, 5.74) is 2.74. The molecule has 144 valence electrons. The molecule has 1 heterocycles. The van der Waals surface area contributed by atoms with Crippen molar-refractivity contribution in [1.82, 2.24) is 4.31 Å². The van der Waals surface area contributed by atoms with Crippen molar-refractivity contribution in [3.63, 3.8) is 0 Å². The van der Waals surface area contributed by atoms with Gasteiger partial charge in [-0.25, -0.2) is 8.42 Å². The quantitative estimate of drug-likeness (QED) is 0.581. The molecule has 2 aromatic carbocycles. The number of carbonyl (C=O) groups is 1. The van der Waals surface area contributed by atoms with Crippen molar-refractivity contribution in [2.24, 2.45) is 0 Å². The van der Waals surface area contributed by atoms with Crippen LogP contribution in [0.15, 0.2) is 47.4 Å². The number of nitrogens with zero attached hydrogens (tertiary/aromatic N) is 1. The molecule has 0 bridgehead atoms. The zero-order chi connectivity index (χ0) is 19.4. The van der Waals surface area contributed by atoms with Crippen LogP contribution in [0, 0.1) is 13.8 Å². The van der Waals surface area contributed by atoms with Crippen LogP contribution in [-0.2, 0) is 21.2 Å². The first-order valence-corrected chi connectivity index (χ1v) is 10.7. The second-order valence-electron chi connectivity index (χ2n) is 7.03. The number of aryl methyl sites for hydroxylation is 2. The number of esters is 1. The van der Waals surface area contributed by atoms with E-state index in [1.165, 1.54) is 0 Å². The van der Waals surface area contributed by atoms with Gasteiger partial charge in [-0.1, -0.05) is 36.2 Å². The molecule has 27 heavy (non-hydrogen) atoms. The van der Waals surface area contributed by atoms with Gasteiger partial charge in [-0.15, -0.1) is 0 Å². The van der Waals surface area contributed by atoms with E-state index in [1.807, 2.05) is 26.0 Å². The van der Waals surface area contributed by atoms with E-state index in [0.717, 1.165) is 36.0 Å². The smallest absolute Gasteiger partial charge is 0.315 e. The number of piperidine rings is 1. The Morgan fingerprint density at radius 2 is 1.67 bits per heavy atom. The van der Waals surface area contributed by atoms with Crippen LogP contribution in [0.1, 0.15) is 36.0 Å². The van der Waals surface area contributed by atoms with Gasteiger partial charge < -0.3 is 4.74 Å². The van der Waals surface area contributed by atoms with Gasteiger partial charge in [-0.3, -0.25) is 4.79 Å². The van der Waals surface area contributed by atoms with Crippen molar-refractivity contribution in [2.75, 3.05) is 13.1 Å². The van der Waals surface area contributed by atoms with Crippen molar-refractivity contribution in [1.29, 1.82) is 0 Å². The predicted molar refractivity (Wildman–Crippen MR) is 104 cm³/mol. The Morgan fingerprint density at radius 1 is 1.00 bits per heavy atom. The Kier molecular flexibility index (Phi) is 5.97. The van der Waals surface area contributed by atoms with Crippen LogP contribution < -0.4 is 4.74 Å². The minimum atomic E-state index is -3.45. The number of hydrogen-bond acceptors (Lipinski definition) is 4. The van der Waals surface area contributed by atoms with Crippen molar-refractivity contribution in [3.8, 4) is 5.75 Å². The van der Waals surface area contributed by atoms with E-state index in [2.05, 4.69) is 0 Å². The lowest BCUT2D eigenvalue weighted by Crippen LogP contribution is -2.35. The molecule has 0 saturated carbocycles. The molecule has 0 radical (unpaired) electrons. The van der Waals surface area contributed by atoms with Gasteiger partial charge in [0.05, 0.1) is 11.3 Å². The van der Waals surface area contributed by atoms with Gasteiger partial charge >= 0.3 is 5.97 Å². The van der Waals surface area contributed by atoms with Gasteiger partial charge in [-0.05, 0) is 56.0 Å². The van der Waals surface area contributed by atoms with Gasteiger partial charge in [-0.2, -0.15) is 4.31 Å². The maximum absolute atomic E-state index is 12.7. The third kappa shape index (κ3) is 4.76. The number of ether oxygens (including phenoxy) is 1. The van der Waals surface area contributed by atoms with Gasteiger partial charge in [0.25, 0.3) is 0 Å². The van der Waals surface area contributed by atoms with Crippen LogP contribution in [0.25, 0.3) is 0 Å². The normalized spacial score (nSPS) is 15.5. The largest absolute Gasteiger partial charge is 0.426 e. The van der Waals surface area contributed by atoms with Crippen molar-refractivity contribution < 1.29 is 17.9 Å². The highest BCUT2D eigenvalue weighted by Gasteiger charge is 2.25. The zero-order valence-electron chi connectivity index (χ0n) is 15.8. The Labute approximate surface area is 161 Å². The lowest BCUT2D eigenvalue weighted by molar-refractivity contribution is -0.133. The lowest BCUT2D eigenvalue weighted by Gasteiger charge is -2.25. The summed E-state index contributed by atoms with van der Waals surface area (Å²) in [6.45, 7) is 5.03. The Bertz CT molecular complexity index is 914. The molecule has 0 atom stereocenters. The standard InChI is InChI=1S/C21H25NO4S/c1-16-6-11-20(17(2)14-16)26-21(23)15-18-7-9-19(10-8-18)27(24,25)22-12-4-3-5-13-22/h6-11,14H,3-5,12-13,15H2,1-2H3. The topological polar surface area (TPSA) is 63.7 Å². The van der Waals surface area contributed by atoms with Crippen LogP contribution in [-0.4, -0.2) is 31.8 Å². The molecule has 3 rings (SSSR count). The van der Waals surface area contributed by atoms with Crippen LogP contribution in [0.4, 0.5) is 0 Å². The molecule has 5 nitrogen and oxygen atoms in total. The van der Waals surface area contributed by atoms with Gasteiger partial charge in [0.15, 0.2) is 0 Å². The SMILES string of the molecule is Cc1ccc(OC(=O)Cc2ccc(S(=O)(=O)N3CCCCC3)cc2)c(C)c1. The predicted octanol–water partition coefficient (Wildman–Crippen LogP) is 3.63. The number of rotatable bonds is 5. The summed E-state index contributed by atoms with van der Waals surface area (Å²) < 4.78 is 32.3. The first-order valence-electron chi connectivity index (χ1n) is 9.23. The Hall–Kier alpha value is -2.18. The number of benzene rings is 2. The summed E-state index contributed by atoms with van der Waals surface area (Å²) in [6, 6.07) is 12.2. The van der Waals surface area contributed by atoms with E-state index >= 15 is 0 Å². The highest BCUT2D eigenvalue weighted by Crippen LogP contribution is 2.22. The van der Waals surface area contributed by atoms with E-state index in [-0.39, 0.29) is 17.3 Å². The lowest BCUT2D eigenvalue weighted by atomic mass is 10.1. The van der Waals surface area contributed by atoms with Crippen molar-refractivity contribution >= 4 is 16.0 Å². The Balaban J connectivity index is 1.65. The summed E-state index contributed by atoms with van der Waals surface area (Å²) in [5, 5.41) is 0. The molecule has 0 aromatic heterocycles. The zero-order valence-corrected chi connectivity index (χ0v) is 16.6. The molecule has 1 aliphatic rings. The first-order chi connectivity index (χ1) is 12.9. The second kappa shape index (κ2) is 8.23. The Morgan fingerprint density at radius 3 is 2.30 bits per heavy atom. The van der Waals surface area contributed by atoms with Crippen molar-refractivity contribution in [3.05, 3.63) is 59.2 Å². The monoisotopic (exact) mass is 387 g/mol. The summed E-state index contributed by atoms with van der Waals surface area (Å²) in [4.78, 5) is 12.5. The van der Waals surface area contributed by atoms with E-state index in [4.69, 9.17) is 4.74 Å². The van der Waals surface area contributed by atoms with Crippen LogP contribution in [0.5, 0.6) is 5.75 Å². The highest BCUT2D eigenvalue weighted by molar-refractivity contribution is 7.89. The molecule has 6 heteroatoms. The minimum Gasteiger partial charge on any atom is -0.426 e. The third-order valence-corrected chi connectivity index (χ3v) is 6.69. The van der Waals surface area contributed by atoms with E-state index < -0.39 is 10.0 Å². The van der Waals surface area contributed by atoms with E-state index in [1.54, 1.807) is 34.6 Å². The molecule has 0 amide bonds. The van der Waals surface area contributed by atoms with Gasteiger partial charge in [0, 0.05) is 13.1 Å². The first kappa shape index (κ1) is 19.6. The van der Waals surface area contributed by atoms with Gasteiger partial charge in [0.2, 0.25) is 10.0 Å². The highest BCUT2D eigenvalue weighted by atomic mass is 32.2. The fourth-order valence-electron chi connectivity index (χ4n) is 3.27. The average Bonchev–Trinajstić information content (AvgIpc) is 2.65. The summed E-state index contributed by atoms with van der Waals surface area (Å²) in [5.74, 6) is 0.184. The molecule has 0 N–H and O–H groups in total. The fraction of sp³-hybridized carbons (Fsp3) is 0.381. The minimum absolute atomic E-state index is 0.0946. The number of carbonyl (C=O) groups excluding carboxylic acids is 1. The number of hydrogen-bond donors (Lipinski definition) is 0. The summed E-state index contributed by atoms with van der Waals surface area (Å²) in [7, 11) is -3.45. The van der Waals surface area contributed by atoms with Crippen molar-refractivity contribution in [2.45, 2.75) is 44.4 Å². The van der Waals surface area contributed by atoms with Crippen LogP contribution in [0.2, 0.25) is 0 Å². The number of sulfonamides is 1. The molecular formula is C21H25NO4S. The fourth-order valence-corrected chi connectivity index (χ4v) is 4.79. The molecule has 0 unspecified atom stereocenters. The summed E-state index contributed by atoms with van der Waals surface area (Å²) in [6.07, 6.45) is 2.98. The maximum Gasteiger partial charge on any atom is 0.315 e. The van der Waals surface area contributed by atoms with E-state index in [9.17, 15) is 13.2 Å². The molecule has 0 spiro atoms. The molecule has 0 aliphatic carbocycles. The average molecular weight is 388 g/mol. The summed E-state index contributed by atoms with van der Waals surface area (Å²) >= 11 is 0. The van der Waals surface area contributed by atoms with Crippen LogP contribution >= 0.6 is 0 Å². The van der Waals surface area contributed by atoms with Gasteiger partial charge in [0.1, 0.15) is 5.75 Å². The van der Waals surface area contributed by atoms with E-state index in [0.29, 0.717) is 18.8 Å². The van der Waals surface area contributed by atoms with Crippen LogP contribution in [0.3, 0.4) is 0 Å². The third-order valence-electron chi connectivity index (χ3n) is 4.78. The molecule has 1 aliphatic heterocycles. The maximum atomic E-state index is 12.7. The molecule has 1 saturated heterocycles. The second-order valence-corrected chi connectivity index (χ2v) is 8.97. The molecular weight excluding hydrogens is 362 g/mol. The molecule has 2 aromatic rings.